The number of sulfonamides is 1. The predicted molar refractivity (Wildman–Crippen MR) is 137 cm³/mol. The second-order valence-corrected chi connectivity index (χ2v) is 10.4. The summed E-state index contributed by atoms with van der Waals surface area (Å²) < 4.78 is 34.2. The van der Waals surface area contributed by atoms with Crippen molar-refractivity contribution in [3.63, 3.8) is 0 Å². The predicted octanol–water partition coefficient (Wildman–Crippen LogP) is 4.25. The van der Waals surface area contributed by atoms with E-state index in [-0.39, 0.29) is 17.2 Å². The monoisotopic (exact) mass is 555 g/mol. The van der Waals surface area contributed by atoms with Gasteiger partial charge in [0.05, 0.1) is 12.0 Å². The average Bonchev–Trinajstić information content (AvgIpc) is 3.26. The van der Waals surface area contributed by atoms with Crippen LogP contribution in [0, 0.1) is 0 Å². The zero-order valence-corrected chi connectivity index (χ0v) is 21.0. The van der Waals surface area contributed by atoms with Crippen LogP contribution in [0.5, 0.6) is 0 Å². The molecule has 1 aromatic heterocycles. The Morgan fingerprint density at radius 2 is 1.69 bits per heavy atom. The topological polar surface area (TPSA) is 117 Å². The van der Waals surface area contributed by atoms with E-state index < -0.39 is 22.0 Å². The molecule has 0 aliphatic carbocycles. The van der Waals surface area contributed by atoms with E-state index in [1.807, 2.05) is 24.3 Å². The Balaban J connectivity index is 1.49. The van der Waals surface area contributed by atoms with E-state index in [2.05, 4.69) is 31.0 Å². The van der Waals surface area contributed by atoms with Gasteiger partial charge >= 0.3 is 5.97 Å². The number of nitrogens with one attached hydrogen (secondary N) is 3. The maximum Gasteiger partial charge on any atom is 0.324 e. The maximum absolute atomic E-state index is 13.0. The van der Waals surface area contributed by atoms with Gasteiger partial charge in [0.1, 0.15) is 6.04 Å². The molecule has 8 nitrogen and oxygen atoms in total. The molecule has 4 rings (SSSR count). The molecule has 4 aromatic rings. The fourth-order valence-electron chi connectivity index (χ4n) is 3.61. The quantitative estimate of drug-likeness (QED) is 0.281. The summed E-state index contributed by atoms with van der Waals surface area (Å²) in [6.45, 7) is 0. The van der Waals surface area contributed by atoms with Crippen molar-refractivity contribution < 1.29 is 22.7 Å². The molecule has 180 valence electrons. The van der Waals surface area contributed by atoms with Crippen LogP contribution in [-0.2, 0) is 26.0 Å². The van der Waals surface area contributed by atoms with Gasteiger partial charge in [-0.05, 0) is 60.2 Å². The summed E-state index contributed by atoms with van der Waals surface area (Å²) in [5.74, 6) is -1.02. The van der Waals surface area contributed by atoms with Gasteiger partial charge in [0.2, 0.25) is 10.0 Å². The minimum atomic E-state index is -4.05. The van der Waals surface area contributed by atoms with Crippen LogP contribution in [0.15, 0.2) is 88.4 Å². The first-order valence-corrected chi connectivity index (χ1v) is 12.9. The molecule has 0 saturated carbocycles. The highest BCUT2D eigenvalue weighted by atomic mass is 79.9. The Bertz CT molecular complexity index is 1470. The number of para-hydroxylation sites is 1. The summed E-state index contributed by atoms with van der Waals surface area (Å²) in [6.07, 6.45) is 1.86. The number of H-pyrrole nitrogens is 1. The zero-order chi connectivity index (χ0) is 25.0. The lowest BCUT2D eigenvalue weighted by molar-refractivity contribution is -0.142. The lowest BCUT2D eigenvalue weighted by Crippen LogP contribution is -2.42. The lowest BCUT2D eigenvalue weighted by atomic mass is 10.1. The Labute approximate surface area is 210 Å². The first-order valence-electron chi connectivity index (χ1n) is 10.6. The van der Waals surface area contributed by atoms with Gasteiger partial charge < -0.3 is 15.0 Å². The summed E-state index contributed by atoms with van der Waals surface area (Å²) in [4.78, 5) is 27.9. The van der Waals surface area contributed by atoms with E-state index in [9.17, 15) is 18.0 Å². The summed E-state index contributed by atoms with van der Waals surface area (Å²) in [6, 6.07) is 19.0. The van der Waals surface area contributed by atoms with Gasteiger partial charge in [-0.2, -0.15) is 4.72 Å². The van der Waals surface area contributed by atoms with Gasteiger partial charge in [0.15, 0.2) is 0 Å². The standard InChI is InChI=1S/C25H22BrN3O5S/c1-34-25(31)23(14-17-15-27-22-5-3-2-4-21(17)22)29-35(32,33)20-12-10-19(11-13-20)28-24(30)16-6-8-18(26)9-7-16/h2-13,15,23,27,29H,14H2,1H3,(H,28,30). The number of methoxy groups -OCH3 is 1. The number of halogens is 1. The molecule has 35 heavy (non-hydrogen) atoms. The third-order valence-electron chi connectivity index (χ3n) is 5.41. The number of rotatable bonds is 8. The van der Waals surface area contributed by atoms with Crippen LogP contribution in [-0.4, -0.2) is 38.4 Å². The van der Waals surface area contributed by atoms with Crippen LogP contribution >= 0.6 is 15.9 Å². The molecule has 0 aliphatic heterocycles. The van der Waals surface area contributed by atoms with Gasteiger partial charge in [-0.1, -0.05) is 34.1 Å². The molecule has 0 bridgehead atoms. The number of aromatic nitrogens is 1. The molecule has 1 atom stereocenters. The number of ether oxygens (including phenoxy) is 1. The van der Waals surface area contributed by atoms with Gasteiger partial charge in [0, 0.05) is 39.2 Å². The molecular formula is C25H22BrN3O5S. The summed E-state index contributed by atoms with van der Waals surface area (Å²) in [5, 5.41) is 3.62. The number of esters is 1. The highest BCUT2D eigenvalue weighted by Crippen LogP contribution is 2.21. The summed E-state index contributed by atoms with van der Waals surface area (Å²) >= 11 is 3.32. The van der Waals surface area contributed by atoms with E-state index in [1.54, 1.807) is 30.5 Å². The number of fused-ring (bicyclic) bond motifs is 1. The number of benzene rings is 3. The highest BCUT2D eigenvalue weighted by molar-refractivity contribution is 9.10. The van der Waals surface area contributed by atoms with Gasteiger partial charge in [0.25, 0.3) is 5.91 Å². The second kappa shape index (κ2) is 10.4. The molecular weight excluding hydrogens is 534 g/mol. The smallest absolute Gasteiger partial charge is 0.324 e. The Hall–Kier alpha value is -3.47. The molecule has 0 aliphatic rings. The molecule has 1 amide bonds. The van der Waals surface area contributed by atoms with E-state index in [1.165, 1.54) is 31.4 Å². The van der Waals surface area contributed by atoms with Crippen molar-refractivity contribution in [2.24, 2.45) is 0 Å². The SMILES string of the molecule is COC(=O)C(Cc1c[nH]c2ccccc12)NS(=O)(=O)c1ccc(NC(=O)c2ccc(Br)cc2)cc1. The number of anilines is 1. The molecule has 10 heteroatoms. The third kappa shape index (κ3) is 5.79. The maximum atomic E-state index is 13.0. The third-order valence-corrected chi connectivity index (χ3v) is 7.43. The van der Waals surface area contributed by atoms with E-state index in [0.717, 1.165) is 20.9 Å². The van der Waals surface area contributed by atoms with E-state index in [0.29, 0.717) is 11.3 Å². The van der Waals surface area contributed by atoms with Crippen molar-refractivity contribution in [1.82, 2.24) is 9.71 Å². The van der Waals surface area contributed by atoms with Gasteiger partial charge in [-0.25, -0.2) is 8.42 Å². The van der Waals surface area contributed by atoms with Crippen LogP contribution in [0.1, 0.15) is 15.9 Å². The second-order valence-electron chi connectivity index (χ2n) is 7.75. The van der Waals surface area contributed by atoms with Gasteiger partial charge in [-0.3, -0.25) is 9.59 Å². The molecule has 1 heterocycles. The van der Waals surface area contributed by atoms with Crippen LogP contribution < -0.4 is 10.0 Å². The zero-order valence-electron chi connectivity index (χ0n) is 18.6. The van der Waals surface area contributed by atoms with Crippen molar-refractivity contribution in [3.05, 3.63) is 94.6 Å². The van der Waals surface area contributed by atoms with Crippen molar-refractivity contribution in [3.8, 4) is 0 Å². The van der Waals surface area contributed by atoms with Crippen molar-refractivity contribution in [1.29, 1.82) is 0 Å². The Morgan fingerprint density at radius 3 is 2.37 bits per heavy atom. The number of carbonyl (C=O) groups is 2. The van der Waals surface area contributed by atoms with Crippen LogP contribution in [0.3, 0.4) is 0 Å². The van der Waals surface area contributed by atoms with Crippen LogP contribution in [0.25, 0.3) is 10.9 Å². The number of hydrogen-bond acceptors (Lipinski definition) is 5. The van der Waals surface area contributed by atoms with Crippen LogP contribution in [0.4, 0.5) is 5.69 Å². The molecule has 0 saturated heterocycles. The fourth-order valence-corrected chi connectivity index (χ4v) is 5.06. The number of aromatic amines is 1. The van der Waals surface area contributed by atoms with Crippen molar-refractivity contribution >= 4 is 54.4 Å². The molecule has 0 spiro atoms. The van der Waals surface area contributed by atoms with Gasteiger partial charge in [-0.15, -0.1) is 0 Å². The largest absolute Gasteiger partial charge is 0.468 e. The average molecular weight is 556 g/mol. The van der Waals surface area contributed by atoms with Crippen molar-refractivity contribution in [2.45, 2.75) is 17.4 Å². The number of carbonyl (C=O) groups excluding carboxylic acids is 2. The van der Waals surface area contributed by atoms with E-state index in [4.69, 9.17) is 4.74 Å². The van der Waals surface area contributed by atoms with Crippen molar-refractivity contribution in [2.75, 3.05) is 12.4 Å². The summed E-state index contributed by atoms with van der Waals surface area (Å²) in [7, 11) is -2.84. The normalized spacial score (nSPS) is 12.3. The molecule has 0 fully saturated rings. The minimum Gasteiger partial charge on any atom is -0.468 e. The fraction of sp³-hybridized carbons (Fsp3) is 0.120. The molecule has 3 N–H and O–H groups in total. The summed E-state index contributed by atoms with van der Waals surface area (Å²) in [5.41, 5.74) is 2.56. The molecule has 3 aromatic carbocycles. The molecule has 1 unspecified atom stereocenters. The Morgan fingerprint density at radius 1 is 1.00 bits per heavy atom. The number of amides is 1. The Kier molecular flexibility index (Phi) is 7.34. The minimum absolute atomic E-state index is 0.0491. The lowest BCUT2D eigenvalue weighted by Gasteiger charge is -2.17. The van der Waals surface area contributed by atoms with Crippen LogP contribution in [0.2, 0.25) is 0 Å². The molecule has 0 radical (unpaired) electrons. The first-order chi connectivity index (χ1) is 16.8. The highest BCUT2D eigenvalue weighted by Gasteiger charge is 2.27. The first kappa shape index (κ1) is 24.6. The van der Waals surface area contributed by atoms with E-state index >= 15 is 0 Å². The number of hydrogen-bond donors (Lipinski definition) is 3.